The first kappa shape index (κ1) is 16.5. The lowest BCUT2D eigenvalue weighted by molar-refractivity contribution is 0.177. The summed E-state index contributed by atoms with van der Waals surface area (Å²) in [6, 6.07) is 9.89. The number of para-hydroxylation sites is 1. The third-order valence-corrected chi connectivity index (χ3v) is 3.19. The van der Waals surface area contributed by atoms with Crippen molar-refractivity contribution in [1.29, 1.82) is 5.26 Å². The van der Waals surface area contributed by atoms with Gasteiger partial charge in [-0.3, -0.25) is 0 Å². The van der Waals surface area contributed by atoms with E-state index in [4.69, 9.17) is 15.1 Å². The lowest BCUT2D eigenvalue weighted by atomic mass is 10.2. The minimum Gasteiger partial charge on any atom is -0.492 e. The lowest BCUT2D eigenvalue weighted by Gasteiger charge is -2.26. The molecule has 0 saturated carbocycles. The summed E-state index contributed by atoms with van der Waals surface area (Å²) in [4.78, 5) is 2.33. The van der Waals surface area contributed by atoms with Crippen molar-refractivity contribution in [2.75, 3.05) is 26.3 Å². The molecule has 4 nitrogen and oxygen atoms in total. The Labute approximate surface area is 121 Å². The van der Waals surface area contributed by atoms with E-state index < -0.39 is 0 Å². The van der Waals surface area contributed by atoms with Gasteiger partial charge >= 0.3 is 0 Å². The first-order valence-corrected chi connectivity index (χ1v) is 7.16. The predicted molar refractivity (Wildman–Crippen MR) is 79.7 cm³/mol. The van der Waals surface area contributed by atoms with Gasteiger partial charge in [-0.25, -0.2) is 0 Å². The largest absolute Gasteiger partial charge is 0.492 e. The molecule has 0 saturated heterocycles. The highest BCUT2D eigenvalue weighted by molar-refractivity contribution is 5.42. The molecule has 0 amide bonds. The molecular weight excluding hydrogens is 252 g/mol. The number of ether oxygens (including phenoxy) is 1. The zero-order chi connectivity index (χ0) is 14.8. The van der Waals surface area contributed by atoms with E-state index in [2.05, 4.69) is 24.8 Å². The molecule has 1 rings (SSSR count). The van der Waals surface area contributed by atoms with Crippen LogP contribution in [0.25, 0.3) is 0 Å². The Bertz CT molecular complexity index is 427. The number of rotatable bonds is 9. The average molecular weight is 276 g/mol. The fourth-order valence-corrected chi connectivity index (χ4v) is 2.04. The van der Waals surface area contributed by atoms with Crippen molar-refractivity contribution >= 4 is 0 Å². The van der Waals surface area contributed by atoms with Crippen LogP contribution in [0, 0.1) is 11.3 Å². The molecule has 20 heavy (non-hydrogen) atoms. The summed E-state index contributed by atoms with van der Waals surface area (Å²) in [5, 5.41) is 17.9. The van der Waals surface area contributed by atoms with Crippen LogP contribution in [-0.4, -0.2) is 42.4 Å². The van der Waals surface area contributed by atoms with E-state index in [9.17, 15) is 0 Å². The van der Waals surface area contributed by atoms with E-state index in [1.54, 1.807) is 6.07 Å². The third kappa shape index (κ3) is 5.60. The zero-order valence-corrected chi connectivity index (χ0v) is 12.4. The van der Waals surface area contributed by atoms with Crippen LogP contribution >= 0.6 is 0 Å². The maximum absolute atomic E-state index is 8.97. The van der Waals surface area contributed by atoms with Gasteiger partial charge in [0.15, 0.2) is 0 Å². The fourth-order valence-electron chi connectivity index (χ4n) is 2.04. The van der Waals surface area contributed by atoms with Crippen LogP contribution in [0.3, 0.4) is 0 Å². The number of benzene rings is 1. The highest BCUT2D eigenvalue weighted by atomic mass is 16.5. The van der Waals surface area contributed by atoms with E-state index >= 15 is 0 Å². The van der Waals surface area contributed by atoms with Gasteiger partial charge in [0.05, 0.1) is 12.2 Å². The minimum atomic E-state index is 0.231. The molecule has 0 aromatic heterocycles. The summed E-state index contributed by atoms with van der Waals surface area (Å²) in [5.41, 5.74) is 0.577. The highest BCUT2D eigenvalue weighted by Crippen LogP contribution is 2.16. The molecule has 4 heteroatoms. The van der Waals surface area contributed by atoms with Gasteiger partial charge in [0.25, 0.3) is 0 Å². The number of hydrogen-bond donors (Lipinski definition) is 1. The van der Waals surface area contributed by atoms with Crippen molar-refractivity contribution in [3.05, 3.63) is 29.8 Å². The van der Waals surface area contributed by atoms with Crippen LogP contribution in [-0.2, 0) is 0 Å². The molecule has 0 aliphatic rings. The Kier molecular flexibility index (Phi) is 7.71. The highest BCUT2D eigenvalue weighted by Gasteiger charge is 2.08. The minimum absolute atomic E-state index is 0.231. The first-order valence-electron chi connectivity index (χ1n) is 7.16. The summed E-state index contributed by atoms with van der Waals surface area (Å²) < 4.78 is 5.66. The van der Waals surface area contributed by atoms with E-state index in [-0.39, 0.29) is 6.61 Å². The summed E-state index contributed by atoms with van der Waals surface area (Å²) >= 11 is 0. The summed E-state index contributed by atoms with van der Waals surface area (Å²) in [6.45, 7) is 6.98. The van der Waals surface area contributed by atoms with Crippen molar-refractivity contribution < 1.29 is 9.84 Å². The number of aliphatic hydroxyl groups excluding tert-OH is 1. The molecule has 0 heterocycles. The first-order chi connectivity index (χ1) is 9.69. The normalized spacial score (nSPS) is 10.8. The van der Waals surface area contributed by atoms with Crippen molar-refractivity contribution in [3.63, 3.8) is 0 Å². The Morgan fingerprint density at radius 1 is 1.25 bits per heavy atom. The van der Waals surface area contributed by atoms with Gasteiger partial charge in [-0.1, -0.05) is 12.1 Å². The van der Waals surface area contributed by atoms with Crippen LogP contribution in [0.5, 0.6) is 5.75 Å². The molecule has 1 aromatic rings. The number of aliphatic hydroxyl groups is 1. The molecule has 0 spiro atoms. The van der Waals surface area contributed by atoms with Crippen LogP contribution in [0.15, 0.2) is 24.3 Å². The van der Waals surface area contributed by atoms with Crippen molar-refractivity contribution in [1.82, 2.24) is 4.90 Å². The Balaban J connectivity index is 2.34. The quantitative estimate of drug-likeness (QED) is 0.704. The molecule has 1 aromatic carbocycles. The Morgan fingerprint density at radius 3 is 2.60 bits per heavy atom. The van der Waals surface area contributed by atoms with E-state index in [0.717, 1.165) is 25.9 Å². The molecule has 1 N–H and O–H groups in total. The average Bonchev–Trinajstić information content (AvgIpc) is 2.46. The van der Waals surface area contributed by atoms with Gasteiger partial charge < -0.3 is 14.7 Å². The van der Waals surface area contributed by atoms with Crippen LogP contribution in [0.1, 0.15) is 32.3 Å². The Morgan fingerprint density at radius 2 is 1.95 bits per heavy atom. The number of hydrogen-bond acceptors (Lipinski definition) is 4. The van der Waals surface area contributed by atoms with Crippen molar-refractivity contribution in [2.24, 2.45) is 0 Å². The second kappa shape index (κ2) is 9.35. The molecule has 0 bridgehead atoms. The maximum atomic E-state index is 8.97. The summed E-state index contributed by atoms with van der Waals surface area (Å²) in [7, 11) is 0. The molecule has 110 valence electrons. The Hall–Kier alpha value is -1.57. The van der Waals surface area contributed by atoms with Gasteiger partial charge in [-0.05, 0) is 38.8 Å². The molecule has 0 fully saturated rings. The third-order valence-electron chi connectivity index (χ3n) is 3.19. The van der Waals surface area contributed by atoms with Crippen molar-refractivity contribution in [3.8, 4) is 11.8 Å². The molecule has 0 aliphatic carbocycles. The van der Waals surface area contributed by atoms with E-state index in [1.165, 1.54) is 0 Å². The predicted octanol–water partition coefficient (Wildman–Crippen LogP) is 2.42. The van der Waals surface area contributed by atoms with Crippen LogP contribution in [0.2, 0.25) is 0 Å². The lowest BCUT2D eigenvalue weighted by Crippen LogP contribution is -2.33. The van der Waals surface area contributed by atoms with Gasteiger partial charge in [0.2, 0.25) is 0 Å². The summed E-state index contributed by atoms with van der Waals surface area (Å²) in [5.74, 6) is 0.654. The molecule has 0 aliphatic heterocycles. The van der Waals surface area contributed by atoms with Gasteiger partial charge in [-0.15, -0.1) is 0 Å². The number of nitriles is 1. The van der Waals surface area contributed by atoms with Crippen LogP contribution < -0.4 is 4.74 Å². The van der Waals surface area contributed by atoms with Gasteiger partial charge in [0, 0.05) is 25.7 Å². The van der Waals surface area contributed by atoms with Crippen molar-refractivity contribution in [2.45, 2.75) is 32.7 Å². The molecule has 0 radical (unpaired) electrons. The maximum Gasteiger partial charge on any atom is 0.137 e. The van der Waals surface area contributed by atoms with Crippen LogP contribution in [0.4, 0.5) is 0 Å². The second-order valence-electron chi connectivity index (χ2n) is 5.02. The topological polar surface area (TPSA) is 56.5 Å². The smallest absolute Gasteiger partial charge is 0.137 e. The fraction of sp³-hybridized carbons (Fsp3) is 0.562. The van der Waals surface area contributed by atoms with E-state index in [1.807, 2.05) is 18.2 Å². The van der Waals surface area contributed by atoms with Gasteiger partial charge in [0.1, 0.15) is 11.8 Å². The molecule has 0 unspecified atom stereocenters. The SMILES string of the molecule is CC(C)N(CCCO)CCCOc1ccccc1C#N. The number of nitrogens with zero attached hydrogens (tertiary/aromatic N) is 2. The summed E-state index contributed by atoms with van der Waals surface area (Å²) in [6.07, 6.45) is 1.71. The molecular formula is C16H24N2O2. The second-order valence-corrected chi connectivity index (χ2v) is 5.02. The monoisotopic (exact) mass is 276 g/mol. The zero-order valence-electron chi connectivity index (χ0n) is 12.4. The van der Waals surface area contributed by atoms with Gasteiger partial charge in [-0.2, -0.15) is 5.26 Å². The van der Waals surface area contributed by atoms with E-state index in [0.29, 0.717) is 24.0 Å². The standard InChI is InChI=1S/C16H24N2O2/c1-14(2)18(9-5-11-19)10-6-12-20-16-8-4-3-7-15(16)13-17/h3-4,7-8,14,19H,5-6,9-12H2,1-2H3. The molecule has 0 atom stereocenters.